The second-order valence-electron chi connectivity index (χ2n) is 5.09. The van der Waals surface area contributed by atoms with Crippen molar-refractivity contribution in [3.05, 3.63) is 36.5 Å². The van der Waals surface area contributed by atoms with Gasteiger partial charge >= 0.3 is 0 Å². The van der Waals surface area contributed by atoms with E-state index in [-0.39, 0.29) is 0 Å². The van der Waals surface area contributed by atoms with Crippen molar-refractivity contribution in [2.24, 2.45) is 0 Å². The Labute approximate surface area is 114 Å². The zero-order chi connectivity index (χ0) is 12.9. The highest BCUT2D eigenvalue weighted by Gasteiger charge is 2.15. The van der Waals surface area contributed by atoms with E-state index in [1.165, 1.54) is 37.9 Å². The number of fused-ring (bicyclic) bond motifs is 1. The summed E-state index contributed by atoms with van der Waals surface area (Å²) in [6.07, 6.45) is 5.45. The Morgan fingerprint density at radius 3 is 2.84 bits per heavy atom. The first-order valence-corrected chi connectivity index (χ1v) is 7.12. The summed E-state index contributed by atoms with van der Waals surface area (Å²) < 4.78 is 5.82. The van der Waals surface area contributed by atoms with E-state index < -0.39 is 0 Å². The highest BCUT2D eigenvalue weighted by Crippen LogP contribution is 2.22. The van der Waals surface area contributed by atoms with Crippen LogP contribution in [0.2, 0.25) is 0 Å². The molecule has 0 unspecified atom stereocenters. The molecule has 0 radical (unpaired) electrons. The van der Waals surface area contributed by atoms with Crippen LogP contribution in [-0.2, 0) is 0 Å². The molecule has 0 amide bonds. The minimum absolute atomic E-state index is 0.765. The quantitative estimate of drug-likeness (QED) is 0.562. The third-order valence-corrected chi connectivity index (χ3v) is 3.53. The number of ether oxygens (including phenoxy) is 1. The molecule has 3 rings (SSSR count). The lowest BCUT2D eigenvalue weighted by Crippen LogP contribution is -2.02. The average molecular weight is 256 g/mol. The molecule has 3 nitrogen and oxygen atoms in total. The minimum Gasteiger partial charge on any atom is -0.477 e. The summed E-state index contributed by atoms with van der Waals surface area (Å²) in [6.45, 7) is 4.63. The minimum atomic E-state index is 0.765. The summed E-state index contributed by atoms with van der Waals surface area (Å²) in [7, 11) is 0. The first kappa shape index (κ1) is 12.4. The van der Waals surface area contributed by atoms with Crippen molar-refractivity contribution in [3.63, 3.8) is 0 Å². The molecule has 2 heterocycles. The number of unbranched alkanes of at least 4 members (excludes halogenated alkanes) is 2. The molecule has 1 aromatic heterocycles. The Kier molecular flexibility index (Phi) is 3.94. The zero-order valence-electron chi connectivity index (χ0n) is 11.2. The number of aromatic nitrogens is 1. The molecule has 0 bridgehead atoms. The van der Waals surface area contributed by atoms with Crippen LogP contribution in [0.4, 0.5) is 0 Å². The molecule has 0 saturated carbocycles. The van der Waals surface area contributed by atoms with Crippen LogP contribution >= 0.6 is 0 Å². The number of hydrogen-bond donors (Lipinski definition) is 0. The molecule has 19 heavy (non-hydrogen) atoms. The molecule has 0 aliphatic carbocycles. The lowest BCUT2D eigenvalue weighted by atomic mass is 10.2. The summed E-state index contributed by atoms with van der Waals surface area (Å²) in [6, 6.07) is 10.2. The van der Waals surface area contributed by atoms with Crippen molar-refractivity contribution in [3.8, 4) is 5.88 Å². The van der Waals surface area contributed by atoms with Gasteiger partial charge in [0.25, 0.3) is 0 Å². The predicted molar refractivity (Wildman–Crippen MR) is 77.5 cm³/mol. The van der Waals surface area contributed by atoms with E-state index >= 15 is 0 Å². The molecule has 2 aromatic rings. The molecule has 0 atom stereocenters. The monoisotopic (exact) mass is 256 g/mol. The van der Waals surface area contributed by atoms with Crippen LogP contribution in [0.5, 0.6) is 5.88 Å². The van der Waals surface area contributed by atoms with Crippen LogP contribution in [0.1, 0.15) is 19.3 Å². The molecule has 0 spiro atoms. The van der Waals surface area contributed by atoms with Gasteiger partial charge in [0.15, 0.2) is 0 Å². The molecule has 1 fully saturated rings. The summed E-state index contributed by atoms with van der Waals surface area (Å²) >= 11 is 0. The van der Waals surface area contributed by atoms with Crippen LogP contribution < -0.4 is 4.74 Å². The third kappa shape index (κ3) is 3.44. The molecule has 1 aliphatic rings. The summed E-state index contributed by atoms with van der Waals surface area (Å²) in [5.74, 6) is 0.768. The predicted octanol–water partition coefficient (Wildman–Crippen LogP) is 3.10. The van der Waals surface area contributed by atoms with Gasteiger partial charge in [0.2, 0.25) is 5.88 Å². The topological polar surface area (TPSA) is 25.1 Å². The van der Waals surface area contributed by atoms with Gasteiger partial charge in [0.05, 0.1) is 6.61 Å². The molecule has 0 N–H and O–H groups in total. The molecule has 1 aliphatic heterocycles. The van der Waals surface area contributed by atoms with Gasteiger partial charge in [-0.1, -0.05) is 18.2 Å². The molecular formula is C16H20N2O. The maximum atomic E-state index is 5.82. The Hall–Kier alpha value is -1.61. The van der Waals surface area contributed by atoms with E-state index in [1.54, 1.807) is 0 Å². The van der Waals surface area contributed by atoms with Gasteiger partial charge in [-0.25, -0.2) is 4.98 Å². The Balaban J connectivity index is 1.47. The van der Waals surface area contributed by atoms with Crippen LogP contribution in [-0.4, -0.2) is 36.1 Å². The van der Waals surface area contributed by atoms with E-state index in [1.807, 2.05) is 24.4 Å². The lowest BCUT2D eigenvalue weighted by molar-refractivity contribution is 0.296. The molecular weight excluding hydrogens is 236 g/mol. The van der Waals surface area contributed by atoms with E-state index in [9.17, 15) is 0 Å². The van der Waals surface area contributed by atoms with Gasteiger partial charge in [-0.3, -0.25) is 0 Å². The zero-order valence-corrected chi connectivity index (χ0v) is 11.2. The SMILES string of the molecule is c1ccc2c(OCCCCCN3CC3)nccc2c1. The van der Waals surface area contributed by atoms with Crippen molar-refractivity contribution in [2.45, 2.75) is 19.3 Å². The van der Waals surface area contributed by atoms with E-state index in [0.717, 1.165) is 24.3 Å². The fraction of sp³-hybridized carbons (Fsp3) is 0.438. The van der Waals surface area contributed by atoms with Crippen LogP contribution in [0.3, 0.4) is 0 Å². The summed E-state index contributed by atoms with van der Waals surface area (Å²) in [5.41, 5.74) is 0. The number of rotatable bonds is 7. The largest absolute Gasteiger partial charge is 0.477 e. The maximum Gasteiger partial charge on any atom is 0.221 e. The summed E-state index contributed by atoms with van der Waals surface area (Å²) in [4.78, 5) is 6.80. The second-order valence-corrected chi connectivity index (χ2v) is 5.09. The molecule has 100 valence electrons. The Morgan fingerprint density at radius 2 is 1.95 bits per heavy atom. The van der Waals surface area contributed by atoms with Gasteiger partial charge in [-0.05, 0) is 43.3 Å². The van der Waals surface area contributed by atoms with Gasteiger partial charge in [0, 0.05) is 24.7 Å². The molecule has 1 saturated heterocycles. The number of hydrogen-bond acceptors (Lipinski definition) is 3. The maximum absolute atomic E-state index is 5.82. The average Bonchev–Trinajstić information content (AvgIpc) is 3.27. The number of pyridine rings is 1. The normalized spacial score (nSPS) is 14.7. The van der Waals surface area contributed by atoms with Gasteiger partial charge in [-0.15, -0.1) is 0 Å². The fourth-order valence-corrected chi connectivity index (χ4v) is 2.28. The third-order valence-electron chi connectivity index (χ3n) is 3.53. The first-order chi connectivity index (χ1) is 9.43. The lowest BCUT2D eigenvalue weighted by Gasteiger charge is -2.08. The van der Waals surface area contributed by atoms with Crippen molar-refractivity contribution in [2.75, 3.05) is 26.2 Å². The van der Waals surface area contributed by atoms with Gasteiger partial charge in [-0.2, -0.15) is 0 Å². The number of nitrogens with zero attached hydrogens (tertiary/aromatic N) is 2. The Morgan fingerprint density at radius 1 is 1.05 bits per heavy atom. The van der Waals surface area contributed by atoms with Crippen LogP contribution in [0.25, 0.3) is 10.8 Å². The van der Waals surface area contributed by atoms with E-state index in [4.69, 9.17) is 4.74 Å². The summed E-state index contributed by atoms with van der Waals surface area (Å²) in [5, 5.41) is 2.29. The first-order valence-electron chi connectivity index (χ1n) is 7.12. The van der Waals surface area contributed by atoms with Crippen molar-refractivity contribution < 1.29 is 4.74 Å². The smallest absolute Gasteiger partial charge is 0.221 e. The Bertz CT molecular complexity index is 532. The van der Waals surface area contributed by atoms with Gasteiger partial charge in [0.1, 0.15) is 0 Å². The van der Waals surface area contributed by atoms with Crippen LogP contribution in [0.15, 0.2) is 36.5 Å². The fourth-order valence-electron chi connectivity index (χ4n) is 2.28. The van der Waals surface area contributed by atoms with E-state index in [2.05, 4.69) is 22.0 Å². The molecule has 1 aromatic carbocycles. The van der Waals surface area contributed by atoms with Crippen molar-refractivity contribution in [1.29, 1.82) is 0 Å². The van der Waals surface area contributed by atoms with Crippen molar-refractivity contribution in [1.82, 2.24) is 9.88 Å². The van der Waals surface area contributed by atoms with Gasteiger partial charge < -0.3 is 9.64 Å². The number of benzene rings is 1. The second kappa shape index (κ2) is 6.02. The standard InChI is InChI=1S/C16H20N2O/c1(4-10-18-11-12-18)5-13-19-16-15-7-3-2-6-14(15)8-9-17-16/h2-3,6-9H,1,4-5,10-13H2. The molecule has 3 heteroatoms. The highest BCUT2D eigenvalue weighted by molar-refractivity contribution is 5.86. The van der Waals surface area contributed by atoms with E-state index in [0.29, 0.717) is 0 Å². The highest BCUT2D eigenvalue weighted by atomic mass is 16.5. The van der Waals surface area contributed by atoms with Crippen LogP contribution in [0, 0.1) is 0 Å². The van der Waals surface area contributed by atoms with Crippen molar-refractivity contribution >= 4 is 10.8 Å².